The number of fused-ring (bicyclic) bond motifs is 2. The number of nitrogens with zero attached hydrogens (tertiary/aromatic N) is 4. The van der Waals surface area contributed by atoms with E-state index in [0.29, 0.717) is 47.4 Å². The van der Waals surface area contributed by atoms with Crippen molar-refractivity contribution in [2.45, 2.75) is 77.1 Å². The van der Waals surface area contributed by atoms with Crippen molar-refractivity contribution < 1.29 is 23.5 Å². The molecule has 0 atom stereocenters. The van der Waals surface area contributed by atoms with Crippen LogP contribution in [0.25, 0.3) is 22.0 Å². The molecule has 6 rings (SSSR count). The van der Waals surface area contributed by atoms with Crippen LogP contribution < -0.4 is 16.1 Å². The molecule has 3 heterocycles. The summed E-state index contributed by atoms with van der Waals surface area (Å²) >= 11 is 8.85. The number of thioether (sulfide) groups is 1. The summed E-state index contributed by atoms with van der Waals surface area (Å²) in [5.74, 6) is 0.381. The standard InChI is InChI=1S/C46H56ClN5O5SSi/c1-31(53)56-26-16-21-36-37-23-24-38(47)41(43(37)51(6)44(36)45(54)55-7)42-39(50-52-25-15-14-22-40(42)52)30-58-29-32(48)27-33(49-5)28-57-59(46(2,3)4,34-17-10-8-11-18-34)35-19-12-9-13-20-35/h8-13,17-20,23-24,27H,14-16,21-22,25-26,28-30,48H2,1-7H3. The molecule has 0 spiro atoms. The number of ether oxygens (including phenoxy) is 2. The number of benzene rings is 3. The van der Waals surface area contributed by atoms with Crippen LogP contribution in [-0.4, -0.2) is 73.4 Å². The van der Waals surface area contributed by atoms with Gasteiger partial charge in [0.05, 0.1) is 42.3 Å². The van der Waals surface area contributed by atoms with Gasteiger partial charge in [0.1, 0.15) is 5.69 Å². The van der Waals surface area contributed by atoms with Crippen molar-refractivity contribution in [2.24, 2.45) is 17.8 Å². The van der Waals surface area contributed by atoms with E-state index in [-0.39, 0.29) is 17.6 Å². The van der Waals surface area contributed by atoms with E-state index >= 15 is 0 Å². The second kappa shape index (κ2) is 19.2. The van der Waals surface area contributed by atoms with Gasteiger partial charge >= 0.3 is 11.9 Å². The van der Waals surface area contributed by atoms with E-state index in [1.807, 2.05) is 42.0 Å². The van der Waals surface area contributed by atoms with Crippen molar-refractivity contribution in [3.63, 3.8) is 0 Å². The molecule has 5 aromatic rings. The van der Waals surface area contributed by atoms with Crippen LogP contribution in [0.3, 0.4) is 0 Å². The number of hydrogen-bond acceptors (Lipinski definition) is 9. The fraction of sp³-hybridized carbons (Fsp3) is 0.391. The molecule has 10 nitrogen and oxygen atoms in total. The Morgan fingerprint density at radius 1 is 1.02 bits per heavy atom. The SMILES string of the molecule is CN=C(C=C(N)CSCc1nn2c(c1-c1c(Cl)ccc3c(CCCOC(C)=O)c(C(=O)OC)n(C)c13)CCCC2)CO[Si](c1ccccc1)(c1ccccc1)C(C)(C)C. The van der Waals surface area contributed by atoms with Gasteiger partial charge < -0.3 is 24.2 Å². The van der Waals surface area contributed by atoms with E-state index in [1.54, 1.807) is 18.8 Å². The van der Waals surface area contributed by atoms with Gasteiger partial charge in [0.25, 0.3) is 8.32 Å². The Hall–Kier alpha value is -4.62. The second-order valence-electron chi connectivity index (χ2n) is 16.0. The number of methoxy groups -OCH3 is 1. The van der Waals surface area contributed by atoms with Crippen LogP contribution in [0.5, 0.6) is 0 Å². The number of aromatic nitrogens is 3. The zero-order valence-corrected chi connectivity index (χ0v) is 37.8. The summed E-state index contributed by atoms with van der Waals surface area (Å²) in [6, 6.07) is 25.1. The molecule has 0 aliphatic carbocycles. The molecule has 2 aromatic heterocycles. The van der Waals surface area contributed by atoms with Crippen molar-refractivity contribution in [1.29, 1.82) is 0 Å². The average molecular weight is 855 g/mol. The Labute approximate surface area is 358 Å². The molecule has 0 fully saturated rings. The van der Waals surface area contributed by atoms with Crippen molar-refractivity contribution >= 4 is 70.6 Å². The topological polar surface area (TPSA) is 123 Å². The van der Waals surface area contributed by atoms with E-state index in [1.165, 1.54) is 24.4 Å². The number of carbonyl (C=O) groups is 2. The fourth-order valence-electron chi connectivity index (χ4n) is 8.48. The van der Waals surface area contributed by atoms with Gasteiger partial charge in [-0.15, -0.1) is 11.8 Å². The Kier molecular flexibility index (Phi) is 14.3. The lowest BCUT2D eigenvalue weighted by Crippen LogP contribution is -2.67. The quantitative estimate of drug-likeness (QED) is 0.0459. The van der Waals surface area contributed by atoms with Crippen LogP contribution in [0.1, 0.15) is 74.4 Å². The van der Waals surface area contributed by atoms with Crippen molar-refractivity contribution in [2.75, 3.05) is 33.1 Å². The summed E-state index contributed by atoms with van der Waals surface area (Å²) in [5.41, 5.74) is 14.3. The van der Waals surface area contributed by atoms with Crippen molar-refractivity contribution in [3.05, 3.63) is 112 Å². The molecule has 312 valence electrons. The monoisotopic (exact) mass is 853 g/mol. The lowest BCUT2D eigenvalue weighted by Gasteiger charge is -2.43. The van der Waals surface area contributed by atoms with Crippen LogP contribution in [0.4, 0.5) is 0 Å². The van der Waals surface area contributed by atoms with E-state index in [4.69, 9.17) is 36.3 Å². The van der Waals surface area contributed by atoms with Gasteiger partial charge in [-0.05, 0) is 65.2 Å². The molecule has 0 saturated heterocycles. The highest BCUT2D eigenvalue weighted by atomic mass is 35.5. The molecular weight excluding hydrogens is 798 g/mol. The van der Waals surface area contributed by atoms with Crippen LogP contribution in [0.15, 0.2) is 89.6 Å². The first kappa shape index (κ1) is 43.9. The predicted molar refractivity (Wildman–Crippen MR) is 244 cm³/mol. The van der Waals surface area contributed by atoms with Gasteiger partial charge in [0.15, 0.2) is 0 Å². The number of esters is 2. The Balaban J connectivity index is 1.28. The average Bonchev–Trinajstić information content (AvgIpc) is 3.72. The van der Waals surface area contributed by atoms with Crippen molar-refractivity contribution in [1.82, 2.24) is 14.3 Å². The number of hydrogen-bond donors (Lipinski definition) is 1. The molecule has 2 N–H and O–H groups in total. The summed E-state index contributed by atoms with van der Waals surface area (Å²) in [5, 5.41) is 8.91. The number of aliphatic imine (C=N–C) groups is 1. The largest absolute Gasteiger partial charge is 0.466 e. The van der Waals surface area contributed by atoms with Gasteiger partial charge in [-0.25, -0.2) is 4.79 Å². The lowest BCUT2D eigenvalue weighted by atomic mass is 9.95. The van der Waals surface area contributed by atoms with Gasteiger partial charge in [-0.1, -0.05) is 99.1 Å². The number of nitrogens with two attached hydrogens (primary N) is 1. The molecule has 1 aliphatic heterocycles. The highest BCUT2D eigenvalue weighted by Gasteiger charge is 2.50. The van der Waals surface area contributed by atoms with Crippen LogP contribution in [0, 0.1) is 0 Å². The van der Waals surface area contributed by atoms with E-state index in [2.05, 4.69) is 79.0 Å². The first-order valence-electron chi connectivity index (χ1n) is 20.2. The summed E-state index contributed by atoms with van der Waals surface area (Å²) in [4.78, 5) is 29.4. The van der Waals surface area contributed by atoms with Crippen LogP contribution in [0.2, 0.25) is 10.1 Å². The van der Waals surface area contributed by atoms with Crippen LogP contribution in [-0.2, 0) is 50.9 Å². The lowest BCUT2D eigenvalue weighted by molar-refractivity contribution is -0.141. The summed E-state index contributed by atoms with van der Waals surface area (Å²) in [6.45, 7) is 9.59. The van der Waals surface area contributed by atoms with Gasteiger partial charge in [0, 0.05) is 67.0 Å². The molecule has 13 heteroatoms. The summed E-state index contributed by atoms with van der Waals surface area (Å²) < 4.78 is 21.7. The molecule has 1 aliphatic rings. The first-order chi connectivity index (χ1) is 28.3. The molecule has 0 amide bonds. The molecule has 0 unspecified atom stereocenters. The molecule has 59 heavy (non-hydrogen) atoms. The molecule has 0 saturated carbocycles. The minimum absolute atomic E-state index is 0.165. The summed E-state index contributed by atoms with van der Waals surface area (Å²) in [7, 11) is 2.28. The minimum atomic E-state index is -2.77. The van der Waals surface area contributed by atoms with Gasteiger partial charge in [-0.3, -0.25) is 14.5 Å². The third-order valence-corrected chi connectivity index (χ3v) is 17.4. The van der Waals surface area contributed by atoms with Crippen LogP contribution >= 0.6 is 23.4 Å². The fourth-order valence-corrected chi connectivity index (χ4v) is 14.1. The van der Waals surface area contributed by atoms with E-state index < -0.39 is 14.3 Å². The van der Waals surface area contributed by atoms with E-state index in [0.717, 1.165) is 70.5 Å². The normalized spacial score (nSPS) is 13.8. The maximum absolute atomic E-state index is 13.3. The highest BCUT2D eigenvalue weighted by molar-refractivity contribution is 7.98. The third kappa shape index (κ3) is 9.26. The first-order valence-corrected chi connectivity index (χ1v) is 23.6. The Morgan fingerprint density at radius 3 is 2.31 bits per heavy atom. The predicted octanol–water partition coefficient (Wildman–Crippen LogP) is 8.04. The molecular formula is C46H56ClN5O5SSi. The van der Waals surface area contributed by atoms with Crippen molar-refractivity contribution in [3.8, 4) is 11.1 Å². The number of carbonyl (C=O) groups excluding carboxylic acids is 2. The molecule has 0 radical (unpaired) electrons. The number of rotatable bonds is 16. The minimum Gasteiger partial charge on any atom is -0.466 e. The Bertz CT molecular complexity index is 2310. The second-order valence-corrected chi connectivity index (χ2v) is 21.7. The van der Waals surface area contributed by atoms with Gasteiger partial charge in [-0.2, -0.15) is 5.10 Å². The third-order valence-electron chi connectivity index (χ3n) is 11.1. The molecule has 0 bridgehead atoms. The Morgan fingerprint density at radius 2 is 1.69 bits per heavy atom. The zero-order chi connectivity index (χ0) is 42.3. The summed E-state index contributed by atoms with van der Waals surface area (Å²) in [6.07, 6.45) is 5.98. The maximum Gasteiger partial charge on any atom is 0.354 e. The number of halogens is 1. The smallest absolute Gasteiger partial charge is 0.354 e. The van der Waals surface area contributed by atoms with Gasteiger partial charge in [0.2, 0.25) is 0 Å². The van der Waals surface area contributed by atoms with E-state index in [9.17, 15) is 9.59 Å². The maximum atomic E-state index is 13.3. The molecule has 3 aromatic carbocycles. The zero-order valence-electron chi connectivity index (χ0n) is 35.3. The number of aryl methyl sites for hydroxylation is 3. The highest BCUT2D eigenvalue weighted by Crippen LogP contribution is 2.44.